The van der Waals surface area contributed by atoms with Crippen molar-refractivity contribution in [2.24, 2.45) is 10.3 Å². The van der Waals surface area contributed by atoms with Gasteiger partial charge in [-0.2, -0.15) is 0 Å². The van der Waals surface area contributed by atoms with E-state index in [-0.39, 0.29) is 42.1 Å². The van der Waals surface area contributed by atoms with Crippen LogP contribution in [-0.2, 0) is 20.0 Å². The van der Waals surface area contributed by atoms with Gasteiger partial charge < -0.3 is 0 Å². The van der Waals surface area contributed by atoms with Crippen LogP contribution in [-0.4, -0.2) is 44.6 Å². The summed E-state index contributed by atoms with van der Waals surface area (Å²) in [6.07, 6.45) is 0. The summed E-state index contributed by atoms with van der Waals surface area (Å²) in [7, 11) is 6.92. The van der Waals surface area contributed by atoms with Crippen molar-refractivity contribution in [3.8, 4) is 0 Å². The zero-order valence-corrected chi connectivity index (χ0v) is 37.5. The Morgan fingerprint density at radius 1 is 0.700 bits per heavy atom. The first-order valence-corrected chi connectivity index (χ1v) is 25.0. The van der Waals surface area contributed by atoms with Crippen LogP contribution in [0.5, 0.6) is 0 Å². The van der Waals surface area contributed by atoms with E-state index in [2.05, 4.69) is 50.9 Å². The van der Waals surface area contributed by atoms with Gasteiger partial charge >= 0.3 is 11.4 Å². The zero-order chi connectivity index (χ0) is 39.0. The summed E-state index contributed by atoms with van der Waals surface area (Å²) < 4.78 is 46.6. The fourth-order valence-electron chi connectivity index (χ4n) is 3.27. The molecule has 21 heteroatoms. The molecule has 0 radical (unpaired) electrons. The first kappa shape index (κ1) is 49.9. The van der Waals surface area contributed by atoms with E-state index in [1.807, 2.05) is 25.1 Å². The highest BCUT2D eigenvalue weighted by molar-refractivity contribution is 9.10. The lowest BCUT2D eigenvalue weighted by Crippen LogP contribution is -2.14. The Morgan fingerprint density at radius 2 is 1.12 bits per heavy atom. The second-order valence-corrected chi connectivity index (χ2v) is 22.3. The average Bonchev–Trinajstić information content (AvgIpc) is 2.97. The van der Waals surface area contributed by atoms with Gasteiger partial charge in [0.1, 0.15) is 9.79 Å². The van der Waals surface area contributed by atoms with Crippen molar-refractivity contribution in [2.45, 2.75) is 23.6 Å². The molecule has 0 saturated carbocycles. The van der Waals surface area contributed by atoms with Crippen molar-refractivity contribution in [1.29, 1.82) is 0 Å². The van der Waals surface area contributed by atoms with Gasteiger partial charge in [-0.25, -0.2) is 57.3 Å². The van der Waals surface area contributed by atoms with Gasteiger partial charge in [0.05, 0.1) is 15.4 Å². The normalized spacial score (nSPS) is 10.4. The molecule has 0 unspecified atom stereocenters. The molecule has 0 aliphatic carbocycles. The Balaban J connectivity index is 0.000000708. The van der Waals surface area contributed by atoms with Crippen LogP contribution in [0.25, 0.3) is 0 Å². The molecule has 4 aromatic carbocycles. The van der Waals surface area contributed by atoms with Crippen LogP contribution in [0.3, 0.4) is 0 Å². The molecule has 0 spiro atoms. The summed E-state index contributed by atoms with van der Waals surface area (Å²) in [6, 6.07) is 21.1. The molecular weight excluding hydrogens is 1010 g/mol. The molecule has 50 heavy (non-hydrogen) atoms. The second kappa shape index (κ2) is 24.3. The van der Waals surface area contributed by atoms with Crippen molar-refractivity contribution >= 4 is 162 Å². The van der Waals surface area contributed by atoms with E-state index < -0.39 is 36.7 Å². The monoisotopic (exact) mass is 1030 g/mol. The number of nitrogens with two attached hydrogens (primary N) is 2. The minimum atomic E-state index is -3.98. The number of rotatable bonds is 5. The number of hydrogen-bond acceptors (Lipinski definition) is 6. The Kier molecular flexibility index (Phi) is 24.2. The third kappa shape index (κ3) is 19.8. The van der Waals surface area contributed by atoms with E-state index in [4.69, 9.17) is 98.4 Å². The predicted molar refractivity (Wildman–Crippen MR) is 217 cm³/mol. The molecular formula is C29H25AlBr2Cl8N2O6S2. The number of aryl methyl sites for hydroxylation is 2. The molecule has 4 N–H and O–H groups in total. The lowest BCUT2D eigenvalue weighted by molar-refractivity contribution is 0.103. The highest BCUT2D eigenvalue weighted by Crippen LogP contribution is 2.26. The number of sulfonamides is 2. The maximum Gasteiger partial charge on any atom is 0.643 e. The molecule has 0 saturated heterocycles. The van der Waals surface area contributed by atoms with Crippen molar-refractivity contribution in [2.75, 3.05) is 5.34 Å². The van der Waals surface area contributed by atoms with Gasteiger partial charge in [0.25, 0.3) is 5.24 Å². The van der Waals surface area contributed by atoms with Gasteiger partial charge in [-0.3, -0.25) is 9.59 Å². The van der Waals surface area contributed by atoms with Crippen LogP contribution in [0.2, 0.25) is 10.0 Å². The van der Waals surface area contributed by atoms with Gasteiger partial charge in [0.15, 0.2) is 5.78 Å². The first-order chi connectivity index (χ1) is 23.0. The number of alkyl halides is 2. The van der Waals surface area contributed by atoms with E-state index in [1.165, 1.54) is 35.9 Å². The largest absolute Gasteiger partial charge is 0.643 e. The molecule has 0 aliphatic rings. The number of carbonyl (C=O) groups is 2. The summed E-state index contributed by atoms with van der Waals surface area (Å²) in [6.45, 7) is 3.98. The van der Waals surface area contributed by atoms with Crippen LogP contribution in [0.15, 0.2) is 97.6 Å². The number of halogens is 10. The molecule has 4 rings (SSSR count). The van der Waals surface area contributed by atoms with E-state index in [0.29, 0.717) is 10.0 Å². The molecule has 0 amide bonds. The molecule has 0 aliphatic heterocycles. The van der Waals surface area contributed by atoms with Crippen molar-refractivity contribution in [1.82, 2.24) is 0 Å². The quantitative estimate of drug-likeness (QED) is 0.0878. The van der Waals surface area contributed by atoms with Crippen LogP contribution >= 0.6 is 120 Å². The molecule has 0 bridgehead atoms. The summed E-state index contributed by atoms with van der Waals surface area (Å²) in [5, 5.41) is 9.30. The Bertz CT molecular complexity index is 1970. The van der Waals surface area contributed by atoms with Crippen LogP contribution in [0.1, 0.15) is 37.4 Å². The van der Waals surface area contributed by atoms with Crippen molar-refractivity contribution in [3.05, 3.63) is 126 Å². The summed E-state index contributed by atoms with van der Waals surface area (Å²) >= 11 is 31.0. The van der Waals surface area contributed by atoms with E-state index in [0.717, 1.165) is 16.1 Å². The number of carbonyl (C=O) groups excluding carboxylic acids is 2. The molecule has 0 fully saturated rings. The second-order valence-electron chi connectivity index (χ2n) is 9.11. The average molecular weight is 1030 g/mol. The SMILES string of the molecule is Cc1ccc(C(=O)c2ccc(Cl)c(S(N)(=O)=O)c2)c(Br)c1.Cc1cccc(Br)c1.ClCCl.NS(=O)(=O)c1cc(C(=O)Cl)ccc1Cl.[Cl][Al]([Cl])[Cl]. The van der Waals surface area contributed by atoms with Crippen LogP contribution in [0.4, 0.5) is 0 Å². The Morgan fingerprint density at radius 3 is 1.48 bits per heavy atom. The summed E-state index contributed by atoms with van der Waals surface area (Å²) in [4.78, 5) is 22.6. The standard InChI is InChI=1S/C14H11BrClNO3S.C7H7Br.C7H5Cl2NO3S.CH2Cl2.Al.3ClH/c1-8-2-4-10(11(15)6-8)14(18)9-3-5-12(16)13(7-9)21(17,19)20;1-6-3-2-4-7(8)5-6;8-5-2-1-4(7(9)11)3-6(5)14(10,12)13;2-1-3;;;;/h2-7H,1H3,(H2,17,19,20);2-5H,1H3;1-3H,(H2,10,12,13);1H2;;3*1H/q;;;;+3;;;/p-3. The third-order valence-corrected chi connectivity index (χ3v) is 9.47. The zero-order valence-electron chi connectivity index (χ0n) is 25.5. The number of hydrogen-bond donors (Lipinski definition) is 2. The molecule has 4 aromatic rings. The fourth-order valence-corrected chi connectivity index (χ4v) is 6.72. The maximum absolute atomic E-state index is 12.5. The van der Waals surface area contributed by atoms with Crippen LogP contribution in [0, 0.1) is 13.8 Å². The Hall–Kier alpha value is -0.148. The molecule has 0 heterocycles. The molecule has 0 atom stereocenters. The lowest BCUT2D eigenvalue weighted by atomic mass is 10.0. The summed E-state index contributed by atoms with van der Waals surface area (Å²) in [5.41, 5.74) is 2.95. The molecule has 8 nitrogen and oxygen atoms in total. The minimum absolute atomic E-state index is 0.0166. The maximum atomic E-state index is 12.5. The highest BCUT2D eigenvalue weighted by atomic mass is 79.9. The topological polar surface area (TPSA) is 154 Å². The van der Waals surface area contributed by atoms with Gasteiger partial charge in [0, 0.05) is 25.6 Å². The number of ketones is 1. The van der Waals surface area contributed by atoms with E-state index in [1.54, 1.807) is 12.1 Å². The minimum Gasteiger partial charge on any atom is -0.289 e. The smallest absolute Gasteiger partial charge is 0.289 e. The van der Waals surface area contributed by atoms with Crippen LogP contribution < -0.4 is 10.3 Å². The number of primary sulfonamides is 2. The Labute approximate surface area is 350 Å². The van der Waals surface area contributed by atoms with Crippen molar-refractivity contribution in [3.63, 3.8) is 0 Å². The van der Waals surface area contributed by atoms with Gasteiger partial charge in [-0.05, 0) is 91.7 Å². The van der Waals surface area contributed by atoms with Crippen molar-refractivity contribution < 1.29 is 26.4 Å². The van der Waals surface area contributed by atoms with Gasteiger partial charge in [-0.1, -0.05) is 78.8 Å². The lowest BCUT2D eigenvalue weighted by Gasteiger charge is -2.07. The van der Waals surface area contributed by atoms with Gasteiger partial charge in [0.2, 0.25) is 20.0 Å². The third-order valence-electron chi connectivity index (χ3n) is 5.31. The fraction of sp³-hybridized carbons (Fsp3) is 0.103. The predicted octanol–water partition coefficient (Wildman–Crippen LogP) is 10.5. The number of benzene rings is 4. The van der Waals surface area contributed by atoms with E-state index in [9.17, 15) is 26.4 Å². The molecule has 272 valence electrons. The first-order valence-electron chi connectivity index (χ1n) is 12.9. The summed E-state index contributed by atoms with van der Waals surface area (Å²) in [5.74, 6) is -0.316. The highest BCUT2D eigenvalue weighted by Gasteiger charge is 2.19. The van der Waals surface area contributed by atoms with Gasteiger partial charge in [-0.15, -0.1) is 23.2 Å². The van der Waals surface area contributed by atoms with E-state index >= 15 is 0 Å². The molecule has 0 aromatic heterocycles.